The largest absolute Gasteiger partial charge is 0.492 e. The second-order valence-electron chi connectivity index (χ2n) is 4.87. The normalized spacial score (nSPS) is 16.2. The van der Waals surface area contributed by atoms with Gasteiger partial charge in [-0.15, -0.1) is 11.3 Å². The smallest absolute Gasteiger partial charge is 0.263 e. The third kappa shape index (κ3) is 2.83. The maximum atomic E-state index is 12.0. The summed E-state index contributed by atoms with van der Waals surface area (Å²) in [4.78, 5) is 14.7. The van der Waals surface area contributed by atoms with Gasteiger partial charge in [0.05, 0.1) is 7.11 Å². The number of thiophene rings is 1. The average Bonchev–Trinajstić information content (AvgIpc) is 2.77. The number of hydrogen-bond donors (Lipinski definition) is 3. The van der Waals surface area contributed by atoms with E-state index in [9.17, 15) is 4.79 Å². The Hall–Kier alpha value is -1.47. The highest BCUT2D eigenvalue weighted by molar-refractivity contribution is 7.19. The summed E-state index contributed by atoms with van der Waals surface area (Å²) in [5.41, 5.74) is 12.4. The van der Waals surface area contributed by atoms with Gasteiger partial charge in [-0.1, -0.05) is 0 Å². The molecule has 0 radical (unpaired) electrons. The van der Waals surface area contributed by atoms with Crippen molar-refractivity contribution >= 4 is 27.9 Å². The lowest BCUT2D eigenvalue weighted by molar-refractivity contribution is 0.0960. The molecule has 2 heterocycles. The van der Waals surface area contributed by atoms with Crippen molar-refractivity contribution in [1.29, 1.82) is 0 Å². The molecule has 0 unspecified atom stereocenters. The van der Waals surface area contributed by atoms with Crippen LogP contribution in [0, 0.1) is 0 Å². The maximum absolute atomic E-state index is 12.0. The molecule has 2 rings (SSSR count). The van der Waals surface area contributed by atoms with E-state index in [-0.39, 0.29) is 11.9 Å². The number of hydrogen-bond acceptors (Lipinski definition) is 6. The molecule has 1 amide bonds. The minimum absolute atomic E-state index is 0.145. The number of rotatable bonds is 4. The van der Waals surface area contributed by atoms with Crippen molar-refractivity contribution in [3.63, 3.8) is 0 Å². The molecule has 6 nitrogen and oxygen atoms in total. The van der Waals surface area contributed by atoms with Crippen molar-refractivity contribution in [2.75, 3.05) is 37.4 Å². The molecule has 0 aromatic carbocycles. The third-order valence-electron chi connectivity index (χ3n) is 3.46. The van der Waals surface area contributed by atoms with Gasteiger partial charge in [0.25, 0.3) is 5.91 Å². The summed E-state index contributed by atoms with van der Waals surface area (Å²) in [6.45, 7) is 4.19. The SMILES string of the molecule is CCNC(=O)c1sc(N2CCC(N)CC2)c(OC)c1N. The van der Waals surface area contributed by atoms with Gasteiger partial charge in [0.1, 0.15) is 15.6 Å². The molecule has 1 aromatic heterocycles. The molecule has 1 saturated heterocycles. The Bertz CT molecular complexity index is 481. The Morgan fingerprint density at radius 3 is 2.70 bits per heavy atom. The quantitative estimate of drug-likeness (QED) is 0.771. The molecule has 1 fully saturated rings. The first-order valence-corrected chi connectivity index (χ1v) is 7.65. The number of carbonyl (C=O) groups is 1. The van der Waals surface area contributed by atoms with Crippen molar-refractivity contribution in [2.24, 2.45) is 5.73 Å². The average molecular weight is 298 g/mol. The molecule has 5 N–H and O–H groups in total. The minimum atomic E-state index is -0.145. The van der Waals surface area contributed by atoms with Gasteiger partial charge in [0.15, 0.2) is 5.75 Å². The molecule has 0 spiro atoms. The molecule has 1 aliphatic rings. The molecule has 0 bridgehead atoms. The zero-order valence-corrected chi connectivity index (χ0v) is 12.8. The maximum Gasteiger partial charge on any atom is 0.263 e. The van der Waals surface area contributed by atoms with Crippen molar-refractivity contribution in [3.8, 4) is 5.75 Å². The molecule has 7 heteroatoms. The van der Waals surface area contributed by atoms with Crippen LogP contribution in [0.4, 0.5) is 10.7 Å². The first-order valence-electron chi connectivity index (χ1n) is 6.83. The molecule has 20 heavy (non-hydrogen) atoms. The number of anilines is 2. The highest BCUT2D eigenvalue weighted by Gasteiger charge is 2.27. The molecule has 0 atom stereocenters. The Labute approximate surface area is 123 Å². The number of nitrogens with two attached hydrogens (primary N) is 2. The van der Waals surface area contributed by atoms with Crippen LogP contribution in [0.3, 0.4) is 0 Å². The predicted octanol–water partition coefficient (Wildman–Crippen LogP) is 1.02. The summed E-state index contributed by atoms with van der Waals surface area (Å²) >= 11 is 1.39. The Morgan fingerprint density at radius 1 is 1.50 bits per heavy atom. The van der Waals surface area contributed by atoms with E-state index in [2.05, 4.69) is 10.2 Å². The Morgan fingerprint density at radius 2 is 2.15 bits per heavy atom. The van der Waals surface area contributed by atoms with Crippen molar-refractivity contribution < 1.29 is 9.53 Å². The summed E-state index contributed by atoms with van der Waals surface area (Å²) in [5.74, 6) is 0.458. The van der Waals surface area contributed by atoms with Crippen LogP contribution < -0.4 is 26.4 Å². The summed E-state index contributed by atoms with van der Waals surface area (Å²) in [5, 5.41) is 3.70. The van der Waals surface area contributed by atoms with Gasteiger partial charge in [-0.2, -0.15) is 0 Å². The van der Waals surface area contributed by atoms with Crippen LogP contribution in [0.25, 0.3) is 0 Å². The number of nitrogens with one attached hydrogen (secondary N) is 1. The van der Waals surface area contributed by atoms with Gasteiger partial charge >= 0.3 is 0 Å². The van der Waals surface area contributed by atoms with E-state index in [1.54, 1.807) is 7.11 Å². The number of amides is 1. The number of methoxy groups -OCH3 is 1. The van der Waals surface area contributed by atoms with E-state index in [1.165, 1.54) is 11.3 Å². The highest BCUT2D eigenvalue weighted by Crippen LogP contribution is 2.45. The number of nitrogens with zero attached hydrogens (tertiary/aromatic N) is 1. The second-order valence-corrected chi connectivity index (χ2v) is 5.87. The molecule has 0 aliphatic carbocycles. The van der Waals surface area contributed by atoms with Gasteiger partial charge in [-0.3, -0.25) is 4.79 Å². The predicted molar refractivity (Wildman–Crippen MR) is 82.7 cm³/mol. The lowest BCUT2D eigenvalue weighted by atomic mass is 10.1. The van der Waals surface area contributed by atoms with Gasteiger partial charge in [-0.25, -0.2) is 0 Å². The summed E-state index contributed by atoms with van der Waals surface area (Å²) < 4.78 is 5.40. The van der Waals surface area contributed by atoms with Gasteiger partial charge in [-0.05, 0) is 19.8 Å². The van der Waals surface area contributed by atoms with Crippen molar-refractivity contribution in [3.05, 3.63) is 4.88 Å². The zero-order chi connectivity index (χ0) is 14.7. The van der Waals surface area contributed by atoms with Crippen LogP contribution in [0.5, 0.6) is 5.75 Å². The van der Waals surface area contributed by atoms with Gasteiger partial charge in [0.2, 0.25) is 0 Å². The minimum Gasteiger partial charge on any atom is -0.492 e. The number of nitrogen functional groups attached to an aromatic ring is 1. The topological polar surface area (TPSA) is 93.6 Å². The van der Waals surface area contributed by atoms with Crippen LogP contribution in [0.1, 0.15) is 29.4 Å². The number of piperidine rings is 1. The fraction of sp³-hybridized carbons (Fsp3) is 0.615. The number of ether oxygens (including phenoxy) is 1. The Kier molecular flexibility index (Phi) is 4.72. The van der Waals surface area contributed by atoms with Crippen LogP contribution in [-0.2, 0) is 0 Å². The van der Waals surface area contributed by atoms with Gasteiger partial charge < -0.3 is 26.4 Å². The highest BCUT2D eigenvalue weighted by atomic mass is 32.1. The fourth-order valence-corrected chi connectivity index (χ4v) is 3.49. The summed E-state index contributed by atoms with van der Waals surface area (Å²) in [6, 6.07) is 0.261. The molecular formula is C13H22N4O2S. The molecule has 112 valence electrons. The number of carbonyl (C=O) groups excluding carboxylic acids is 1. The molecule has 1 aromatic rings. The summed E-state index contributed by atoms with van der Waals surface area (Å²) in [7, 11) is 1.58. The monoisotopic (exact) mass is 298 g/mol. The standard InChI is InChI=1S/C13H22N4O2S/c1-3-16-12(18)11-9(15)10(19-2)13(20-11)17-6-4-8(14)5-7-17/h8H,3-7,14-15H2,1-2H3,(H,16,18). The van der Waals surface area contributed by atoms with Crippen LogP contribution in [-0.4, -0.2) is 38.7 Å². The van der Waals surface area contributed by atoms with E-state index in [0.717, 1.165) is 30.9 Å². The fourth-order valence-electron chi connectivity index (χ4n) is 2.33. The van der Waals surface area contributed by atoms with Gasteiger partial charge in [0, 0.05) is 25.7 Å². The van der Waals surface area contributed by atoms with Crippen molar-refractivity contribution in [2.45, 2.75) is 25.8 Å². The van der Waals surface area contributed by atoms with Crippen molar-refractivity contribution in [1.82, 2.24) is 5.32 Å². The molecule has 1 aliphatic heterocycles. The molecule has 0 saturated carbocycles. The van der Waals surface area contributed by atoms with E-state index in [1.807, 2.05) is 6.92 Å². The summed E-state index contributed by atoms with van der Waals surface area (Å²) in [6.07, 6.45) is 1.88. The molecular weight excluding hydrogens is 276 g/mol. The van der Waals surface area contributed by atoms with E-state index in [4.69, 9.17) is 16.2 Å². The third-order valence-corrected chi connectivity index (χ3v) is 4.70. The lowest BCUT2D eigenvalue weighted by Gasteiger charge is -2.31. The van der Waals surface area contributed by atoms with Crippen LogP contribution >= 0.6 is 11.3 Å². The van der Waals surface area contributed by atoms with Crippen LogP contribution in [0.15, 0.2) is 0 Å². The van der Waals surface area contributed by atoms with Crippen LogP contribution in [0.2, 0.25) is 0 Å². The van der Waals surface area contributed by atoms with E-state index < -0.39 is 0 Å². The Balaban J connectivity index is 2.28. The van der Waals surface area contributed by atoms with E-state index >= 15 is 0 Å². The first-order chi connectivity index (χ1) is 9.58. The lowest BCUT2D eigenvalue weighted by Crippen LogP contribution is -2.39. The van der Waals surface area contributed by atoms with E-state index in [0.29, 0.717) is 22.9 Å². The second kappa shape index (κ2) is 6.32. The first kappa shape index (κ1) is 14.9. The zero-order valence-electron chi connectivity index (χ0n) is 11.9.